The second-order valence-corrected chi connectivity index (χ2v) is 9.51. The third kappa shape index (κ3) is 4.83. The van der Waals surface area contributed by atoms with Crippen molar-refractivity contribution < 1.29 is 13.6 Å². The van der Waals surface area contributed by atoms with Crippen molar-refractivity contribution in [2.24, 2.45) is 13.0 Å². The number of hydrogen-bond acceptors (Lipinski definition) is 7. The maximum absolute atomic E-state index is 14.2. The van der Waals surface area contributed by atoms with Crippen LogP contribution >= 0.6 is 11.3 Å². The Balaban J connectivity index is 1.52. The van der Waals surface area contributed by atoms with E-state index in [9.17, 15) is 13.6 Å². The first-order chi connectivity index (χ1) is 15.7. The normalized spacial score (nSPS) is 14.8. The van der Waals surface area contributed by atoms with Crippen LogP contribution in [0.3, 0.4) is 0 Å². The number of halogens is 2. The number of carbonyl (C=O) groups excluding carboxylic acids is 1. The van der Waals surface area contributed by atoms with Gasteiger partial charge in [0.25, 0.3) is 5.91 Å². The molecule has 2 aromatic heterocycles. The summed E-state index contributed by atoms with van der Waals surface area (Å²) < 4.78 is 30.0. The second kappa shape index (κ2) is 9.44. The molecule has 0 saturated carbocycles. The first kappa shape index (κ1) is 23.1. The lowest BCUT2D eigenvalue weighted by molar-refractivity contribution is 0.102. The van der Waals surface area contributed by atoms with E-state index in [1.807, 2.05) is 7.05 Å². The van der Waals surface area contributed by atoms with Gasteiger partial charge in [-0.25, -0.2) is 13.8 Å². The van der Waals surface area contributed by atoms with Crippen LogP contribution < -0.4 is 16.0 Å². The van der Waals surface area contributed by atoms with Crippen LogP contribution in [0.25, 0.3) is 10.6 Å². The number of benzene rings is 1. The number of rotatable bonds is 6. The molecule has 8 nitrogen and oxygen atoms in total. The number of thiazole rings is 1. The summed E-state index contributed by atoms with van der Waals surface area (Å²) in [7, 11) is 5.99. The molecule has 4 rings (SSSR count). The second-order valence-electron chi connectivity index (χ2n) is 8.48. The SMILES string of the molecule is CN(C)CC1CCN(c2c(NC(=O)c3nc(-c4c(F)cccc4F)sc3N)cnn2C)CC1. The van der Waals surface area contributed by atoms with E-state index in [1.54, 1.807) is 10.9 Å². The number of hydrogen-bond donors (Lipinski definition) is 2. The Kier molecular flexibility index (Phi) is 6.61. The first-order valence-electron chi connectivity index (χ1n) is 10.7. The van der Waals surface area contributed by atoms with Gasteiger partial charge < -0.3 is 20.9 Å². The molecular weight excluding hydrogens is 448 g/mol. The molecular formula is C22H27F2N7OS. The van der Waals surface area contributed by atoms with Crippen LogP contribution in [0.4, 0.5) is 25.3 Å². The Morgan fingerprint density at radius 2 is 1.94 bits per heavy atom. The molecule has 1 aromatic carbocycles. The molecule has 0 bridgehead atoms. The van der Waals surface area contributed by atoms with E-state index in [1.165, 1.54) is 6.07 Å². The van der Waals surface area contributed by atoms with E-state index >= 15 is 0 Å². The first-order valence-corrected chi connectivity index (χ1v) is 11.5. The predicted octanol–water partition coefficient (Wildman–Crippen LogP) is 3.43. The summed E-state index contributed by atoms with van der Waals surface area (Å²) in [6.45, 7) is 2.77. The molecule has 1 fully saturated rings. The number of aryl methyl sites for hydroxylation is 1. The monoisotopic (exact) mass is 475 g/mol. The van der Waals surface area contributed by atoms with E-state index in [0.29, 0.717) is 11.6 Å². The average molecular weight is 476 g/mol. The third-order valence-corrected chi connectivity index (χ3v) is 6.64. The molecule has 1 amide bonds. The highest BCUT2D eigenvalue weighted by Gasteiger charge is 2.26. The topological polar surface area (TPSA) is 92.3 Å². The fraction of sp³-hybridized carbons (Fsp3) is 0.409. The molecule has 1 aliphatic rings. The highest BCUT2D eigenvalue weighted by molar-refractivity contribution is 7.19. The minimum absolute atomic E-state index is 0.0163. The molecule has 0 radical (unpaired) electrons. The van der Waals surface area contributed by atoms with Gasteiger partial charge >= 0.3 is 0 Å². The van der Waals surface area contributed by atoms with Crippen LogP contribution in [-0.2, 0) is 7.05 Å². The van der Waals surface area contributed by atoms with Crippen LogP contribution in [0.2, 0.25) is 0 Å². The standard InChI is InChI=1S/C22H27F2N7OS/c1-29(2)12-13-7-9-31(10-8-13)22-16(11-26-30(22)3)27-20(32)18-19(25)33-21(28-18)17-14(23)5-4-6-15(17)24/h4-6,11,13H,7-10,12,25H2,1-3H3,(H,27,32). The lowest BCUT2D eigenvalue weighted by Crippen LogP contribution is -2.38. The van der Waals surface area contributed by atoms with Crippen LogP contribution in [-0.4, -0.2) is 59.3 Å². The highest BCUT2D eigenvalue weighted by Crippen LogP contribution is 2.35. The molecule has 11 heteroatoms. The number of anilines is 3. The molecule has 33 heavy (non-hydrogen) atoms. The van der Waals surface area contributed by atoms with Gasteiger partial charge in [0.1, 0.15) is 27.3 Å². The van der Waals surface area contributed by atoms with Crippen molar-refractivity contribution in [2.75, 3.05) is 49.7 Å². The zero-order valence-corrected chi connectivity index (χ0v) is 19.6. The molecule has 3 N–H and O–H groups in total. The maximum Gasteiger partial charge on any atom is 0.277 e. The maximum atomic E-state index is 14.2. The van der Waals surface area contributed by atoms with Gasteiger partial charge in [-0.3, -0.25) is 9.48 Å². The number of nitrogens with two attached hydrogens (primary N) is 1. The lowest BCUT2D eigenvalue weighted by Gasteiger charge is -2.34. The molecule has 0 spiro atoms. The zero-order valence-electron chi connectivity index (χ0n) is 18.8. The Morgan fingerprint density at radius 3 is 2.58 bits per heavy atom. The quantitative estimate of drug-likeness (QED) is 0.568. The van der Waals surface area contributed by atoms with E-state index in [2.05, 4.69) is 39.3 Å². The van der Waals surface area contributed by atoms with Crippen molar-refractivity contribution in [3.63, 3.8) is 0 Å². The number of nitrogen functional groups attached to an aromatic ring is 1. The number of amides is 1. The summed E-state index contributed by atoms with van der Waals surface area (Å²) in [6, 6.07) is 3.55. The summed E-state index contributed by atoms with van der Waals surface area (Å²) in [4.78, 5) is 21.5. The number of carbonyl (C=O) groups is 1. The number of nitrogens with one attached hydrogen (secondary N) is 1. The van der Waals surface area contributed by atoms with Gasteiger partial charge in [-0.15, -0.1) is 0 Å². The van der Waals surface area contributed by atoms with Gasteiger partial charge in [0.15, 0.2) is 11.5 Å². The number of aromatic nitrogens is 3. The van der Waals surface area contributed by atoms with Gasteiger partial charge in [-0.2, -0.15) is 5.10 Å². The smallest absolute Gasteiger partial charge is 0.277 e. The van der Waals surface area contributed by atoms with Crippen LogP contribution in [0.1, 0.15) is 23.3 Å². The minimum atomic E-state index is -0.761. The largest absolute Gasteiger partial charge is 0.389 e. The van der Waals surface area contributed by atoms with Crippen molar-refractivity contribution in [1.29, 1.82) is 0 Å². The van der Waals surface area contributed by atoms with E-state index in [-0.39, 0.29) is 21.3 Å². The summed E-state index contributed by atoms with van der Waals surface area (Å²) in [5.74, 6) is -0.635. The lowest BCUT2D eigenvalue weighted by atomic mass is 9.96. The van der Waals surface area contributed by atoms with E-state index in [4.69, 9.17) is 5.73 Å². The van der Waals surface area contributed by atoms with E-state index < -0.39 is 17.5 Å². The molecule has 176 valence electrons. The Morgan fingerprint density at radius 1 is 1.27 bits per heavy atom. The van der Waals surface area contributed by atoms with Crippen LogP contribution in [0, 0.1) is 17.6 Å². The van der Waals surface area contributed by atoms with Crippen molar-refractivity contribution in [3.8, 4) is 10.6 Å². The summed E-state index contributed by atoms with van der Waals surface area (Å²) in [6.07, 6.45) is 3.68. The summed E-state index contributed by atoms with van der Waals surface area (Å²) in [5.41, 5.74) is 6.16. The molecule has 3 heterocycles. The fourth-order valence-electron chi connectivity index (χ4n) is 4.22. The van der Waals surface area contributed by atoms with Crippen molar-refractivity contribution >= 4 is 33.8 Å². The van der Waals surface area contributed by atoms with Gasteiger partial charge in [0, 0.05) is 26.7 Å². The van der Waals surface area contributed by atoms with Crippen molar-refractivity contribution in [2.45, 2.75) is 12.8 Å². The highest BCUT2D eigenvalue weighted by atomic mass is 32.1. The predicted molar refractivity (Wildman–Crippen MR) is 127 cm³/mol. The Bertz CT molecular complexity index is 1130. The fourth-order valence-corrected chi connectivity index (χ4v) is 5.10. The van der Waals surface area contributed by atoms with Crippen LogP contribution in [0.5, 0.6) is 0 Å². The van der Waals surface area contributed by atoms with Crippen molar-refractivity contribution in [1.82, 2.24) is 19.7 Å². The molecule has 1 saturated heterocycles. The van der Waals surface area contributed by atoms with Crippen molar-refractivity contribution in [3.05, 3.63) is 41.7 Å². The van der Waals surface area contributed by atoms with E-state index in [0.717, 1.165) is 61.8 Å². The summed E-state index contributed by atoms with van der Waals surface area (Å²) >= 11 is 0.868. The van der Waals surface area contributed by atoms with Crippen LogP contribution in [0.15, 0.2) is 24.4 Å². The number of nitrogens with zero attached hydrogens (tertiary/aromatic N) is 5. The molecule has 0 aliphatic carbocycles. The average Bonchev–Trinajstić information content (AvgIpc) is 3.30. The zero-order chi connectivity index (χ0) is 23.7. The molecule has 1 aliphatic heterocycles. The number of piperidine rings is 1. The molecule has 0 atom stereocenters. The Hall–Kier alpha value is -3.05. The van der Waals surface area contributed by atoms with Gasteiger partial charge in [0.2, 0.25) is 0 Å². The molecule has 0 unspecified atom stereocenters. The van der Waals surface area contributed by atoms with Gasteiger partial charge in [-0.05, 0) is 45.0 Å². The molecule has 3 aromatic rings. The minimum Gasteiger partial charge on any atom is -0.389 e. The van der Waals surface area contributed by atoms with Gasteiger partial charge in [0.05, 0.1) is 11.8 Å². The Labute approximate surface area is 195 Å². The summed E-state index contributed by atoms with van der Waals surface area (Å²) in [5, 5.41) is 7.24. The van der Waals surface area contributed by atoms with Gasteiger partial charge in [-0.1, -0.05) is 17.4 Å². The third-order valence-electron chi connectivity index (χ3n) is 5.74.